The van der Waals surface area contributed by atoms with Crippen molar-refractivity contribution in [2.75, 3.05) is 30.0 Å². The zero-order chi connectivity index (χ0) is 8.10. The van der Waals surface area contributed by atoms with Crippen LogP contribution in [-0.2, 0) is 0 Å². The largest absolute Gasteiger partial charge is 0.369 e. The molecule has 6 heteroatoms. The summed E-state index contributed by atoms with van der Waals surface area (Å²) in [6.45, 7) is 0.809. The first kappa shape index (κ1) is 8.61. The molecule has 0 radical (unpaired) electrons. The number of anilines is 2. The first-order valence-electron chi connectivity index (χ1n) is 3.23. The second-order valence-electron chi connectivity index (χ2n) is 1.86. The molecule has 0 amide bonds. The van der Waals surface area contributed by atoms with Crippen LogP contribution in [-0.4, -0.2) is 28.1 Å². The van der Waals surface area contributed by atoms with Gasteiger partial charge >= 0.3 is 0 Å². The Kier molecular flexibility index (Phi) is 3.44. The maximum atomic E-state index is 4.07. The minimum atomic E-state index is 0.792. The molecule has 4 nitrogen and oxygen atoms in total. The van der Waals surface area contributed by atoms with Gasteiger partial charge < -0.3 is 10.6 Å². The molecule has 62 valence electrons. The SMILES string of the molecule is CNc1nsnc1NCCS. The Labute approximate surface area is 75.1 Å². The summed E-state index contributed by atoms with van der Waals surface area (Å²) in [5.41, 5.74) is 0. The monoisotopic (exact) mass is 190 g/mol. The van der Waals surface area contributed by atoms with E-state index in [1.165, 1.54) is 11.7 Å². The van der Waals surface area contributed by atoms with Crippen molar-refractivity contribution in [2.24, 2.45) is 0 Å². The van der Waals surface area contributed by atoms with E-state index in [4.69, 9.17) is 0 Å². The summed E-state index contributed by atoms with van der Waals surface area (Å²) in [5, 5.41) is 6.03. The number of hydrogen-bond donors (Lipinski definition) is 3. The van der Waals surface area contributed by atoms with Crippen LogP contribution in [0, 0.1) is 0 Å². The van der Waals surface area contributed by atoms with E-state index in [0.29, 0.717) is 0 Å². The molecule has 0 atom stereocenters. The smallest absolute Gasteiger partial charge is 0.184 e. The molecule has 0 unspecified atom stereocenters. The van der Waals surface area contributed by atoms with Gasteiger partial charge in [0.25, 0.3) is 0 Å². The zero-order valence-corrected chi connectivity index (χ0v) is 7.88. The third-order valence-electron chi connectivity index (χ3n) is 1.13. The highest BCUT2D eigenvalue weighted by atomic mass is 32.1. The summed E-state index contributed by atoms with van der Waals surface area (Å²) in [6.07, 6.45) is 0. The molecular weight excluding hydrogens is 180 g/mol. The second-order valence-corrected chi connectivity index (χ2v) is 2.84. The summed E-state index contributed by atoms with van der Waals surface area (Å²) >= 11 is 5.26. The molecule has 1 aromatic rings. The second kappa shape index (κ2) is 4.40. The van der Waals surface area contributed by atoms with Crippen molar-refractivity contribution in [3.8, 4) is 0 Å². The van der Waals surface area contributed by atoms with Crippen LogP contribution in [0.15, 0.2) is 0 Å². The van der Waals surface area contributed by atoms with Gasteiger partial charge in [-0.25, -0.2) is 0 Å². The normalized spacial score (nSPS) is 9.64. The van der Waals surface area contributed by atoms with Gasteiger partial charge in [-0.05, 0) is 0 Å². The quantitative estimate of drug-likeness (QED) is 0.618. The van der Waals surface area contributed by atoms with E-state index in [-0.39, 0.29) is 0 Å². The average Bonchev–Trinajstić information content (AvgIpc) is 2.47. The van der Waals surface area contributed by atoms with E-state index in [1.807, 2.05) is 7.05 Å². The van der Waals surface area contributed by atoms with Crippen molar-refractivity contribution < 1.29 is 0 Å². The number of nitrogens with zero attached hydrogens (tertiary/aromatic N) is 2. The van der Waals surface area contributed by atoms with Gasteiger partial charge in [-0.15, -0.1) is 0 Å². The third-order valence-corrected chi connectivity index (χ3v) is 1.88. The molecule has 0 saturated carbocycles. The van der Waals surface area contributed by atoms with Crippen LogP contribution in [0.5, 0.6) is 0 Å². The molecule has 0 spiro atoms. The van der Waals surface area contributed by atoms with Gasteiger partial charge in [0.05, 0.1) is 11.7 Å². The summed E-state index contributed by atoms with van der Waals surface area (Å²) in [4.78, 5) is 0. The molecule has 2 N–H and O–H groups in total. The Morgan fingerprint density at radius 1 is 1.45 bits per heavy atom. The molecule has 0 bridgehead atoms. The van der Waals surface area contributed by atoms with Gasteiger partial charge in [0.1, 0.15) is 0 Å². The highest BCUT2D eigenvalue weighted by molar-refractivity contribution is 7.80. The standard InChI is InChI=1S/C5H10N4S2/c1-6-4-5(7-2-3-10)9-11-8-4/h10H,2-3H2,1H3,(H,6,8)(H,7,9). The topological polar surface area (TPSA) is 49.8 Å². The molecule has 0 aliphatic heterocycles. The summed E-state index contributed by atoms with van der Waals surface area (Å²) in [6, 6.07) is 0. The minimum absolute atomic E-state index is 0.792. The van der Waals surface area contributed by atoms with Crippen molar-refractivity contribution in [1.29, 1.82) is 0 Å². The Morgan fingerprint density at radius 3 is 2.82 bits per heavy atom. The van der Waals surface area contributed by atoms with Crippen molar-refractivity contribution in [2.45, 2.75) is 0 Å². The number of hydrogen-bond acceptors (Lipinski definition) is 6. The van der Waals surface area contributed by atoms with E-state index < -0.39 is 0 Å². The Morgan fingerprint density at radius 2 is 2.18 bits per heavy atom. The number of rotatable bonds is 4. The fraction of sp³-hybridized carbons (Fsp3) is 0.600. The predicted molar refractivity (Wildman–Crippen MR) is 51.8 cm³/mol. The van der Waals surface area contributed by atoms with E-state index in [1.54, 1.807) is 0 Å². The van der Waals surface area contributed by atoms with Crippen LogP contribution >= 0.6 is 24.4 Å². The fourth-order valence-corrected chi connectivity index (χ4v) is 1.29. The minimum Gasteiger partial charge on any atom is -0.369 e. The average molecular weight is 190 g/mol. The van der Waals surface area contributed by atoms with Gasteiger partial charge in [0, 0.05) is 19.3 Å². The zero-order valence-electron chi connectivity index (χ0n) is 6.16. The van der Waals surface area contributed by atoms with Gasteiger partial charge in [-0.1, -0.05) is 0 Å². The van der Waals surface area contributed by atoms with Gasteiger partial charge in [0.2, 0.25) is 0 Å². The van der Waals surface area contributed by atoms with Gasteiger partial charge in [-0.2, -0.15) is 21.4 Å². The van der Waals surface area contributed by atoms with Crippen molar-refractivity contribution in [3.63, 3.8) is 0 Å². The first-order valence-corrected chi connectivity index (χ1v) is 4.59. The van der Waals surface area contributed by atoms with Crippen LogP contribution in [0.4, 0.5) is 11.6 Å². The molecule has 1 heterocycles. The van der Waals surface area contributed by atoms with Crippen LogP contribution in [0.3, 0.4) is 0 Å². The molecule has 11 heavy (non-hydrogen) atoms. The number of aromatic nitrogens is 2. The van der Waals surface area contributed by atoms with Crippen LogP contribution in [0.25, 0.3) is 0 Å². The molecule has 0 fully saturated rings. The fourth-order valence-electron chi connectivity index (χ4n) is 0.643. The Hall–Kier alpha value is -0.490. The van der Waals surface area contributed by atoms with Crippen molar-refractivity contribution >= 4 is 36.0 Å². The molecule has 0 aromatic carbocycles. The maximum absolute atomic E-state index is 4.07. The lowest BCUT2D eigenvalue weighted by Gasteiger charge is -2.00. The molecular formula is C5H10N4S2. The first-order chi connectivity index (χ1) is 5.38. The molecule has 0 saturated heterocycles. The van der Waals surface area contributed by atoms with Gasteiger partial charge in [0.15, 0.2) is 11.6 Å². The lowest BCUT2D eigenvalue weighted by Crippen LogP contribution is -2.04. The predicted octanol–water partition coefficient (Wildman–Crippen LogP) is 0.921. The van der Waals surface area contributed by atoms with E-state index in [9.17, 15) is 0 Å². The number of thiol groups is 1. The van der Waals surface area contributed by atoms with E-state index in [2.05, 4.69) is 32.0 Å². The molecule has 1 aromatic heterocycles. The highest BCUT2D eigenvalue weighted by Crippen LogP contribution is 2.16. The Balaban J connectivity index is 2.54. The Bertz CT molecular complexity index is 212. The van der Waals surface area contributed by atoms with Crippen molar-refractivity contribution in [1.82, 2.24) is 8.75 Å². The number of nitrogens with one attached hydrogen (secondary N) is 2. The molecule has 0 aliphatic carbocycles. The maximum Gasteiger partial charge on any atom is 0.184 e. The summed E-state index contributed by atoms with van der Waals surface area (Å²) in [5.74, 6) is 2.41. The van der Waals surface area contributed by atoms with E-state index >= 15 is 0 Å². The highest BCUT2D eigenvalue weighted by Gasteiger charge is 2.02. The van der Waals surface area contributed by atoms with Crippen LogP contribution in [0.2, 0.25) is 0 Å². The third kappa shape index (κ3) is 2.23. The van der Waals surface area contributed by atoms with Gasteiger partial charge in [-0.3, -0.25) is 0 Å². The van der Waals surface area contributed by atoms with Crippen molar-refractivity contribution in [3.05, 3.63) is 0 Å². The summed E-state index contributed by atoms with van der Waals surface area (Å²) < 4.78 is 8.07. The molecule has 0 aliphatic rings. The van der Waals surface area contributed by atoms with E-state index in [0.717, 1.165) is 23.9 Å². The van der Waals surface area contributed by atoms with Crippen LogP contribution in [0.1, 0.15) is 0 Å². The summed E-state index contributed by atoms with van der Waals surface area (Å²) in [7, 11) is 1.82. The molecule has 1 rings (SSSR count). The lowest BCUT2D eigenvalue weighted by molar-refractivity contribution is 1.20. The van der Waals surface area contributed by atoms with Crippen LogP contribution < -0.4 is 10.6 Å². The lowest BCUT2D eigenvalue weighted by atomic mass is 10.6.